The molecule has 0 spiro atoms. The van der Waals surface area contributed by atoms with Crippen LogP contribution in [-0.4, -0.2) is 30.8 Å². The number of carbonyl (C=O) groups is 2. The average molecular weight is 306 g/mol. The van der Waals surface area contributed by atoms with Crippen molar-refractivity contribution in [1.82, 2.24) is 0 Å². The molecule has 0 fully saturated rings. The third-order valence-electron chi connectivity index (χ3n) is 2.03. The Hall–Kier alpha value is -1.43. The van der Waals surface area contributed by atoms with Crippen molar-refractivity contribution in [2.45, 2.75) is 26.4 Å². The molecule has 0 aliphatic rings. The number of hydrogen-bond donors (Lipinski definition) is 0. The van der Waals surface area contributed by atoms with Gasteiger partial charge < -0.3 is 14.0 Å². The monoisotopic (exact) mass is 306 g/mol. The Bertz CT molecular complexity index is 405. The van der Waals surface area contributed by atoms with Crippen LogP contribution in [-0.2, 0) is 32.7 Å². The summed E-state index contributed by atoms with van der Waals surface area (Å²) in [4.78, 5) is 23.0. The first-order chi connectivity index (χ1) is 9.42. The third kappa shape index (κ3) is 6.65. The van der Waals surface area contributed by atoms with Crippen molar-refractivity contribution in [2.24, 2.45) is 0 Å². The van der Waals surface area contributed by atoms with Crippen molar-refractivity contribution >= 4 is 19.5 Å². The summed E-state index contributed by atoms with van der Waals surface area (Å²) < 4.78 is 31.4. The predicted molar refractivity (Wildman–Crippen MR) is 71.8 cm³/mol. The van der Waals surface area contributed by atoms with Crippen LogP contribution in [0.2, 0.25) is 0 Å². The Labute approximate surface area is 118 Å². The lowest BCUT2D eigenvalue weighted by Gasteiger charge is -2.21. The summed E-state index contributed by atoms with van der Waals surface area (Å²) in [5.41, 5.74) is 0. The Morgan fingerprint density at radius 3 is 2.25 bits per heavy atom. The highest BCUT2D eigenvalue weighted by molar-refractivity contribution is 7.53. The topological polar surface area (TPSA) is 88.1 Å². The zero-order valence-corrected chi connectivity index (χ0v) is 12.5. The third-order valence-corrected chi connectivity index (χ3v) is 4.03. The minimum absolute atomic E-state index is 0.0508. The van der Waals surface area contributed by atoms with Crippen molar-refractivity contribution in [1.29, 1.82) is 0 Å². The molecule has 0 heterocycles. The van der Waals surface area contributed by atoms with Gasteiger partial charge in [-0.1, -0.05) is 20.1 Å². The molecule has 0 aliphatic carbocycles. The lowest BCUT2D eigenvalue weighted by atomic mass is 10.2. The number of rotatable bonds is 10. The van der Waals surface area contributed by atoms with Crippen LogP contribution in [0.4, 0.5) is 0 Å². The summed E-state index contributed by atoms with van der Waals surface area (Å²) in [6, 6.07) is 0. The summed E-state index contributed by atoms with van der Waals surface area (Å²) in [6.07, 6.45) is -0.0296. The first-order valence-corrected chi connectivity index (χ1v) is 7.69. The van der Waals surface area contributed by atoms with Gasteiger partial charge in [-0.25, -0.2) is 4.79 Å². The molecule has 0 bridgehead atoms. The summed E-state index contributed by atoms with van der Waals surface area (Å²) in [6.45, 7) is 9.79. The van der Waals surface area contributed by atoms with E-state index in [2.05, 4.69) is 22.6 Å². The molecular formula is C12H19O7P. The van der Waals surface area contributed by atoms with E-state index in [4.69, 9.17) is 9.05 Å². The first kappa shape index (κ1) is 18.6. The molecule has 0 aromatic rings. The second-order valence-electron chi connectivity index (χ2n) is 3.40. The van der Waals surface area contributed by atoms with Crippen molar-refractivity contribution in [2.75, 3.05) is 12.8 Å². The maximum Gasteiger partial charge on any atom is 0.341 e. The summed E-state index contributed by atoms with van der Waals surface area (Å²) in [7, 11) is -3.48. The van der Waals surface area contributed by atoms with E-state index in [1.807, 2.05) is 0 Å². The van der Waals surface area contributed by atoms with Crippen LogP contribution in [0.1, 0.15) is 20.3 Å². The molecule has 0 rings (SSSR count). The van der Waals surface area contributed by atoms with Gasteiger partial charge in [-0.05, 0) is 6.92 Å². The number of ether oxygens (including phenoxy) is 2. The minimum atomic E-state index is -3.48. The molecule has 0 aliphatic heterocycles. The van der Waals surface area contributed by atoms with E-state index in [-0.39, 0.29) is 12.8 Å². The number of carbonyl (C=O) groups excluding carboxylic acids is 2. The van der Waals surface area contributed by atoms with Crippen LogP contribution in [0.15, 0.2) is 25.7 Å². The van der Waals surface area contributed by atoms with E-state index in [0.29, 0.717) is 0 Å². The lowest BCUT2D eigenvalue weighted by molar-refractivity contribution is -0.152. The fourth-order valence-electron chi connectivity index (χ4n) is 1.20. The molecule has 0 aromatic carbocycles. The molecular weight excluding hydrogens is 287 g/mol. The molecule has 0 amide bonds. The largest absolute Gasteiger partial charge is 0.435 e. The van der Waals surface area contributed by atoms with E-state index in [9.17, 15) is 14.2 Å². The molecule has 8 heteroatoms. The van der Waals surface area contributed by atoms with E-state index in [1.165, 1.54) is 0 Å². The smallest absolute Gasteiger partial charge is 0.341 e. The van der Waals surface area contributed by atoms with Gasteiger partial charge in [0.1, 0.15) is 0 Å². The van der Waals surface area contributed by atoms with Gasteiger partial charge in [0.25, 0.3) is 0 Å². The van der Waals surface area contributed by atoms with Gasteiger partial charge in [-0.2, -0.15) is 0 Å². The maximum atomic E-state index is 12.2. The summed E-state index contributed by atoms with van der Waals surface area (Å²) in [5.74, 6) is -1.68. The predicted octanol–water partition coefficient (Wildman–Crippen LogP) is 2.38. The van der Waals surface area contributed by atoms with Gasteiger partial charge in [-0.15, -0.1) is 0 Å². The molecule has 20 heavy (non-hydrogen) atoms. The quantitative estimate of drug-likeness (QED) is 0.348. The average Bonchev–Trinajstić information content (AvgIpc) is 2.39. The van der Waals surface area contributed by atoms with Gasteiger partial charge in [-0.3, -0.25) is 13.9 Å². The molecule has 0 aromatic heterocycles. The minimum Gasteiger partial charge on any atom is -0.435 e. The van der Waals surface area contributed by atoms with Gasteiger partial charge in [0.05, 0.1) is 25.6 Å². The van der Waals surface area contributed by atoms with Crippen molar-refractivity contribution in [3.63, 3.8) is 0 Å². The highest BCUT2D eigenvalue weighted by atomic mass is 31.2. The summed E-state index contributed by atoms with van der Waals surface area (Å²) >= 11 is 0. The first-order valence-electron chi connectivity index (χ1n) is 5.96. The zero-order valence-electron chi connectivity index (χ0n) is 11.6. The molecule has 0 N–H and O–H groups in total. The van der Waals surface area contributed by atoms with Crippen LogP contribution in [0.25, 0.3) is 0 Å². The Balaban J connectivity index is 4.96. The molecule has 114 valence electrons. The van der Waals surface area contributed by atoms with E-state index in [0.717, 1.165) is 12.5 Å². The zero-order chi connectivity index (χ0) is 15.6. The fourth-order valence-corrected chi connectivity index (χ4v) is 2.54. The molecule has 7 nitrogen and oxygen atoms in total. The molecule has 0 saturated carbocycles. The van der Waals surface area contributed by atoms with E-state index < -0.39 is 32.1 Å². The standard InChI is InChI=1S/C12H19O7P/c1-5-16-11(13)9-10(12(14)17-6-2)19-20(15,8-4)18-7-3/h5-6,10H,1-2,7-9H2,3-4H3. The second-order valence-corrected chi connectivity index (χ2v) is 5.73. The maximum absolute atomic E-state index is 12.2. The van der Waals surface area contributed by atoms with Crippen molar-refractivity contribution < 1.29 is 32.7 Å². The molecule has 2 atom stereocenters. The van der Waals surface area contributed by atoms with E-state index >= 15 is 0 Å². The van der Waals surface area contributed by atoms with Gasteiger partial charge in [0, 0.05) is 6.16 Å². The summed E-state index contributed by atoms with van der Waals surface area (Å²) in [5, 5.41) is 0. The number of esters is 2. The highest BCUT2D eigenvalue weighted by Gasteiger charge is 2.33. The Morgan fingerprint density at radius 1 is 1.20 bits per heavy atom. The number of hydrogen-bond acceptors (Lipinski definition) is 7. The molecule has 0 saturated heterocycles. The van der Waals surface area contributed by atoms with Crippen LogP contribution < -0.4 is 0 Å². The van der Waals surface area contributed by atoms with Gasteiger partial charge in [0.2, 0.25) is 0 Å². The molecule has 0 radical (unpaired) electrons. The van der Waals surface area contributed by atoms with Gasteiger partial charge in [0.15, 0.2) is 6.10 Å². The Kier molecular flexibility index (Phi) is 8.79. The van der Waals surface area contributed by atoms with Crippen LogP contribution in [0.3, 0.4) is 0 Å². The highest BCUT2D eigenvalue weighted by Crippen LogP contribution is 2.49. The van der Waals surface area contributed by atoms with Crippen molar-refractivity contribution in [3.05, 3.63) is 25.7 Å². The SMILES string of the molecule is C=COC(=O)CC(OP(=O)(CC)OCC)C(=O)OC=C. The van der Waals surface area contributed by atoms with Crippen molar-refractivity contribution in [3.8, 4) is 0 Å². The normalized spacial score (nSPS) is 14.7. The fraction of sp³-hybridized carbons (Fsp3) is 0.500. The lowest BCUT2D eigenvalue weighted by Crippen LogP contribution is -2.28. The van der Waals surface area contributed by atoms with Crippen LogP contribution >= 0.6 is 7.60 Å². The molecule has 2 unspecified atom stereocenters. The second kappa shape index (κ2) is 9.47. The van der Waals surface area contributed by atoms with Gasteiger partial charge >= 0.3 is 19.5 Å². The van der Waals surface area contributed by atoms with E-state index in [1.54, 1.807) is 13.8 Å². The van der Waals surface area contributed by atoms with Crippen LogP contribution in [0, 0.1) is 0 Å². The Morgan fingerprint density at radius 2 is 1.80 bits per heavy atom. The van der Waals surface area contributed by atoms with Crippen LogP contribution in [0.5, 0.6) is 0 Å².